The first-order valence-corrected chi connectivity index (χ1v) is 12.2. The number of hydrogen-bond donors (Lipinski definition) is 2. The number of carbonyl (C=O) groups is 4. The number of aromatic nitrogens is 2. The Bertz CT molecular complexity index is 1130. The van der Waals surface area contributed by atoms with Crippen molar-refractivity contribution >= 4 is 47.0 Å². The van der Waals surface area contributed by atoms with E-state index in [1.807, 2.05) is 34.0 Å². The first-order valence-electron chi connectivity index (χ1n) is 12.2. The van der Waals surface area contributed by atoms with Crippen molar-refractivity contribution in [2.24, 2.45) is 11.8 Å². The molecule has 35 heavy (non-hydrogen) atoms. The number of carbonyl (C=O) groups excluding carboxylic acids is 3. The number of carboxylic acid groups (broad SMARTS) is 1. The third kappa shape index (κ3) is 5.19. The summed E-state index contributed by atoms with van der Waals surface area (Å²) >= 11 is 0. The number of nitrogens with one attached hydrogen (secondary N) is 1. The van der Waals surface area contributed by atoms with Gasteiger partial charge in [-0.25, -0.2) is 0 Å². The summed E-state index contributed by atoms with van der Waals surface area (Å²) in [5.74, 6) is -1.68. The molecule has 3 amide bonds. The molecular formula is C25H31ClN4O5. The van der Waals surface area contributed by atoms with Gasteiger partial charge in [-0.3, -0.25) is 29.2 Å². The zero-order valence-electron chi connectivity index (χ0n) is 19.5. The number of imide groups is 1. The molecule has 0 radical (unpaired) electrons. The van der Waals surface area contributed by atoms with Crippen LogP contribution < -0.4 is 5.32 Å². The third-order valence-electron chi connectivity index (χ3n) is 7.76. The smallest absolute Gasteiger partial charge is 0.306 e. The molecule has 5 rings (SSSR count). The Hall–Kier alpha value is -2.94. The van der Waals surface area contributed by atoms with Crippen LogP contribution in [-0.4, -0.2) is 56.6 Å². The predicted octanol–water partition coefficient (Wildman–Crippen LogP) is 3.03. The Morgan fingerprint density at radius 1 is 0.971 bits per heavy atom. The topological polar surface area (TPSA) is 122 Å². The van der Waals surface area contributed by atoms with Gasteiger partial charge in [0.2, 0.25) is 17.7 Å². The van der Waals surface area contributed by atoms with E-state index in [4.69, 9.17) is 10.2 Å². The van der Waals surface area contributed by atoms with Crippen molar-refractivity contribution in [2.75, 3.05) is 13.1 Å². The molecule has 3 heterocycles. The molecule has 1 unspecified atom stereocenters. The van der Waals surface area contributed by atoms with E-state index in [-0.39, 0.29) is 53.9 Å². The summed E-state index contributed by atoms with van der Waals surface area (Å²) in [7, 11) is 0. The molecule has 3 aliphatic rings. The van der Waals surface area contributed by atoms with Crippen molar-refractivity contribution in [3.05, 3.63) is 30.0 Å². The van der Waals surface area contributed by atoms with Crippen LogP contribution in [0.5, 0.6) is 0 Å². The molecule has 0 spiro atoms. The van der Waals surface area contributed by atoms with Crippen LogP contribution in [0.2, 0.25) is 0 Å². The fourth-order valence-corrected chi connectivity index (χ4v) is 5.67. The van der Waals surface area contributed by atoms with E-state index in [2.05, 4.69) is 5.32 Å². The number of benzene rings is 1. The van der Waals surface area contributed by atoms with E-state index in [9.17, 15) is 19.2 Å². The quantitative estimate of drug-likeness (QED) is 0.620. The lowest BCUT2D eigenvalue weighted by Gasteiger charge is -2.35. The minimum absolute atomic E-state index is 0. The van der Waals surface area contributed by atoms with Gasteiger partial charge in [0, 0.05) is 37.0 Å². The second-order valence-corrected chi connectivity index (χ2v) is 9.87. The van der Waals surface area contributed by atoms with Crippen molar-refractivity contribution in [3.63, 3.8) is 0 Å². The second-order valence-electron chi connectivity index (χ2n) is 9.87. The molecule has 9 nitrogen and oxygen atoms in total. The summed E-state index contributed by atoms with van der Waals surface area (Å²) in [6.07, 6.45) is 7.33. The summed E-state index contributed by atoms with van der Waals surface area (Å²) in [5.41, 5.74) is 1.77. The summed E-state index contributed by atoms with van der Waals surface area (Å²) < 4.78 is 2.00. The van der Waals surface area contributed by atoms with Gasteiger partial charge in [0.15, 0.2) is 0 Å². The molecular weight excluding hydrogens is 472 g/mol. The lowest BCUT2D eigenvalue weighted by atomic mass is 9.84. The maximum absolute atomic E-state index is 13.0. The average Bonchev–Trinajstić information content (AvgIpc) is 3.27. The van der Waals surface area contributed by atoms with E-state index < -0.39 is 5.97 Å². The monoisotopic (exact) mass is 502 g/mol. The van der Waals surface area contributed by atoms with Gasteiger partial charge >= 0.3 is 5.97 Å². The van der Waals surface area contributed by atoms with Gasteiger partial charge in [-0.15, -0.1) is 12.4 Å². The number of likely N-dealkylation sites (tertiary alicyclic amines) is 1. The summed E-state index contributed by atoms with van der Waals surface area (Å²) in [4.78, 5) is 49.6. The largest absolute Gasteiger partial charge is 0.481 e. The molecule has 1 aromatic heterocycles. The number of halogens is 1. The maximum Gasteiger partial charge on any atom is 0.306 e. The Labute approximate surface area is 209 Å². The van der Waals surface area contributed by atoms with Crippen LogP contribution in [0.1, 0.15) is 68.9 Å². The average molecular weight is 503 g/mol. The van der Waals surface area contributed by atoms with Crippen LogP contribution in [-0.2, 0) is 19.2 Å². The molecule has 1 aliphatic carbocycles. The van der Waals surface area contributed by atoms with E-state index in [1.54, 1.807) is 0 Å². The van der Waals surface area contributed by atoms with E-state index in [0.29, 0.717) is 38.8 Å². The molecule has 10 heteroatoms. The number of piperidine rings is 2. The molecule has 188 valence electrons. The Balaban J connectivity index is 0.00000289. The van der Waals surface area contributed by atoms with Crippen LogP contribution in [0.25, 0.3) is 10.9 Å². The van der Waals surface area contributed by atoms with Crippen LogP contribution in [0, 0.1) is 11.8 Å². The second kappa shape index (κ2) is 10.4. The highest BCUT2D eigenvalue weighted by molar-refractivity contribution is 6.01. The van der Waals surface area contributed by atoms with Crippen LogP contribution in [0.15, 0.2) is 24.4 Å². The van der Waals surface area contributed by atoms with E-state index in [1.165, 1.54) is 0 Å². The van der Waals surface area contributed by atoms with Gasteiger partial charge < -0.3 is 10.0 Å². The molecule has 2 aliphatic heterocycles. The van der Waals surface area contributed by atoms with Crippen LogP contribution >= 0.6 is 12.4 Å². The Kier molecular flexibility index (Phi) is 7.44. The van der Waals surface area contributed by atoms with Crippen molar-refractivity contribution < 1.29 is 24.3 Å². The summed E-state index contributed by atoms with van der Waals surface area (Å²) in [6.45, 7) is 1.07. The van der Waals surface area contributed by atoms with E-state index in [0.717, 1.165) is 42.1 Å². The highest BCUT2D eigenvalue weighted by Gasteiger charge is 2.34. The molecule has 1 atom stereocenters. The lowest BCUT2D eigenvalue weighted by Crippen LogP contribution is -2.43. The fraction of sp³-hybridized carbons (Fsp3) is 0.560. The highest BCUT2D eigenvalue weighted by atomic mass is 35.5. The molecule has 2 N–H and O–H groups in total. The number of fused-ring (bicyclic) bond motifs is 1. The first kappa shape index (κ1) is 25.2. The minimum Gasteiger partial charge on any atom is -0.481 e. The third-order valence-corrected chi connectivity index (χ3v) is 7.76. The predicted molar refractivity (Wildman–Crippen MR) is 130 cm³/mol. The van der Waals surface area contributed by atoms with Crippen molar-refractivity contribution in [3.8, 4) is 0 Å². The Morgan fingerprint density at radius 3 is 2.34 bits per heavy atom. The van der Waals surface area contributed by atoms with Gasteiger partial charge in [0.05, 0.1) is 23.4 Å². The number of carboxylic acids is 1. The number of rotatable bonds is 4. The zero-order chi connectivity index (χ0) is 23.8. The fourth-order valence-electron chi connectivity index (χ4n) is 5.67. The molecule has 0 bridgehead atoms. The van der Waals surface area contributed by atoms with Crippen molar-refractivity contribution in [1.29, 1.82) is 0 Å². The molecule has 3 fully saturated rings. The summed E-state index contributed by atoms with van der Waals surface area (Å²) in [5, 5.41) is 17.3. The molecule has 1 saturated carbocycles. The van der Waals surface area contributed by atoms with Gasteiger partial charge in [0.1, 0.15) is 0 Å². The first-order chi connectivity index (χ1) is 16.4. The van der Waals surface area contributed by atoms with Crippen LogP contribution in [0.4, 0.5) is 0 Å². The highest BCUT2D eigenvalue weighted by Crippen LogP contribution is 2.35. The number of nitrogens with zero attached hydrogens (tertiary/aromatic N) is 3. The zero-order valence-corrected chi connectivity index (χ0v) is 20.3. The Morgan fingerprint density at radius 2 is 1.69 bits per heavy atom. The normalized spacial score (nSPS) is 25.7. The van der Waals surface area contributed by atoms with E-state index >= 15 is 0 Å². The van der Waals surface area contributed by atoms with Crippen LogP contribution in [0.3, 0.4) is 0 Å². The number of amides is 3. The van der Waals surface area contributed by atoms with Gasteiger partial charge in [0.25, 0.3) is 0 Å². The maximum atomic E-state index is 13.0. The minimum atomic E-state index is -0.761. The summed E-state index contributed by atoms with van der Waals surface area (Å²) in [6, 6.07) is 6.08. The van der Waals surface area contributed by atoms with Crippen molar-refractivity contribution in [1.82, 2.24) is 20.0 Å². The molecule has 1 aromatic carbocycles. The SMILES string of the molecule is Cl.O=C1CCC(c2ccc3nn([C@H]4CC[C@H](C(=O)N5CCC(C(=O)O)CC5)CC4)cc3c2)C(=O)N1. The standard InChI is InChI=1S/C25H30N4O5.ClH/c30-22-8-6-20(23(31)26-22)17-3-7-21-18(13-17)14-29(27-21)19-4-1-15(2-5-19)24(32)28-11-9-16(10-12-28)25(33)34;/h3,7,13-16,19-20H,1-2,4-6,8-12H2,(H,33,34)(H,26,30,31);1H/t15-,19-,20?;. The number of aliphatic carboxylic acids is 1. The molecule has 2 aromatic rings. The lowest BCUT2D eigenvalue weighted by molar-refractivity contribution is -0.147. The van der Waals surface area contributed by atoms with Gasteiger partial charge in [-0.05, 0) is 62.6 Å². The van der Waals surface area contributed by atoms with Gasteiger partial charge in [-0.1, -0.05) is 6.07 Å². The molecule has 2 saturated heterocycles. The van der Waals surface area contributed by atoms with Crippen molar-refractivity contribution in [2.45, 2.75) is 63.3 Å². The van der Waals surface area contributed by atoms with Gasteiger partial charge in [-0.2, -0.15) is 5.10 Å². The number of hydrogen-bond acceptors (Lipinski definition) is 5.